The molecule has 0 aliphatic rings. The van der Waals surface area contributed by atoms with Crippen molar-refractivity contribution in [1.29, 1.82) is 0 Å². The van der Waals surface area contributed by atoms with Crippen molar-refractivity contribution in [2.75, 3.05) is 5.32 Å². The standard InChI is InChI=1S/C18H13N5O/c24-18(21-13-6-2-1-3-7-13)14-12-20-23-11-9-16(22-17(14)23)15-8-4-5-10-19-15/h1-12H,(H,21,24). The van der Waals surface area contributed by atoms with Gasteiger partial charge >= 0.3 is 0 Å². The molecule has 0 unspecified atom stereocenters. The highest BCUT2D eigenvalue weighted by Crippen LogP contribution is 2.17. The van der Waals surface area contributed by atoms with Crippen LogP contribution in [-0.4, -0.2) is 25.5 Å². The maximum Gasteiger partial charge on any atom is 0.261 e. The van der Waals surface area contributed by atoms with E-state index >= 15 is 0 Å². The van der Waals surface area contributed by atoms with Crippen molar-refractivity contribution in [3.8, 4) is 11.4 Å². The van der Waals surface area contributed by atoms with Crippen LogP contribution in [0.3, 0.4) is 0 Å². The zero-order chi connectivity index (χ0) is 16.4. The van der Waals surface area contributed by atoms with Crippen LogP contribution < -0.4 is 5.32 Å². The van der Waals surface area contributed by atoms with Crippen molar-refractivity contribution in [2.45, 2.75) is 0 Å². The first-order valence-electron chi connectivity index (χ1n) is 7.43. The Balaban J connectivity index is 1.72. The lowest BCUT2D eigenvalue weighted by molar-refractivity contribution is 0.102. The third-order valence-electron chi connectivity index (χ3n) is 3.57. The number of fused-ring (bicyclic) bond motifs is 1. The van der Waals surface area contributed by atoms with Crippen LogP contribution in [0.15, 0.2) is 73.2 Å². The molecule has 0 aliphatic carbocycles. The molecule has 3 aromatic heterocycles. The van der Waals surface area contributed by atoms with Crippen LogP contribution in [0, 0.1) is 0 Å². The number of amides is 1. The van der Waals surface area contributed by atoms with Crippen LogP contribution in [-0.2, 0) is 0 Å². The number of nitrogens with zero attached hydrogens (tertiary/aromatic N) is 4. The Hall–Kier alpha value is -3.54. The topological polar surface area (TPSA) is 72.2 Å². The van der Waals surface area contributed by atoms with E-state index in [0.29, 0.717) is 16.9 Å². The lowest BCUT2D eigenvalue weighted by Gasteiger charge is -2.04. The van der Waals surface area contributed by atoms with Crippen LogP contribution in [0.25, 0.3) is 17.0 Å². The molecule has 6 nitrogen and oxygen atoms in total. The molecule has 116 valence electrons. The lowest BCUT2D eigenvalue weighted by Crippen LogP contribution is -2.12. The van der Waals surface area contributed by atoms with E-state index in [2.05, 4.69) is 20.4 Å². The number of hydrogen-bond acceptors (Lipinski definition) is 4. The Kier molecular flexibility index (Phi) is 3.47. The summed E-state index contributed by atoms with van der Waals surface area (Å²) in [6.45, 7) is 0. The first kappa shape index (κ1) is 14.1. The summed E-state index contributed by atoms with van der Waals surface area (Å²) >= 11 is 0. The fourth-order valence-electron chi connectivity index (χ4n) is 2.41. The van der Waals surface area contributed by atoms with Crippen LogP contribution >= 0.6 is 0 Å². The molecule has 0 aliphatic heterocycles. The van der Waals surface area contributed by atoms with Crippen molar-refractivity contribution >= 4 is 17.2 Å². The van der Waals surface area contributed by atoms with E-state index in [0.717, 1.165) is 11.4 Å². The monoisotopic (exact) mass is 315 g/mol. The number of hydrogen-bond donors (Lipinski definition) is 1. The number of aromatic nitrogens is 4. The maximum atomic E-state index is 12.5. The van der Waals surface area contributed by atoms with Gasteiger partial charge in [0.15, 0.2) is 5.65 Å². The summed E-state index contributed by atoms with van der Waals surface area (Å²) in [4.78, 5) is 21.4. The van der Waals surface area contributed by atoms with Crippen LogP contribution in [0.2, 0.25) is 0 Å². The van der Waals surface area contributed by atoms with Gasteiger partial charge in [0.2, 0.25) is 0 Å². The second-order valence-electron chi connectivity index (χ2n) is 5.17. The first-order chi connectivity index (χ1) is 11.8. The molecular formula is C18H13N5O. The molecule has 4 rings (SSSR count). The average Bonchev–Trinajstić information content (AvgIpc) is 3.06. The molecular weight excluding hydrogens is 302 g/mol. The first-order valence-corrected chi connectivity index (χ1v) is 7.43. The lowest BCUT2D eigenvalue weighted by atomic mass is 10.2. The Morgan fingerprint density at radius 2 is 1.79 bits per heavy atom. The summed E-state index contributed by atoms with van der Waals surface area (Å²) in [5, 5.41) is 7.04. The summed E-state index contributed by atoms with van der Waals surface area (Å²) in [6.07, 6.45) is 5.00. The number of anilines is 1. The SMILES string of the molecule is O=C(Nc1ccccc1)c1cnn2ccc(-c3ccccn3)nc12. The van der Waals surface area contributed by atoms with E-state index in [-0.39, 0.29) is 5.91 Å². The molecule has 0 radical (unpaired) electrons. The molecule has 3 heterocycles. The highest BCUT2D eigenvalue weighted by atomic mass is 16.1. The number of rotatable bonds is 3. The summed E-state index contributed by atoms with van der Waals surface area (Å²) in [5.74, 6) is -0.248. The fourth-order valence-corrected chi connectivity index (χ4v) is 2.41. The zero-order valence-corrected chi connectivity index (χ0v) is 12.6. The third-order valence-corrected chi connectivity index (χ3v) is 3.57. The van der Waals surface area contributed by atoms with Crippen LogP contribution in [0.4, 0.5) is 5.69 Å². The van der Waals surface area contributed by atoms with Gasteiger partial charge in [-0.3, -0.25) is 9.78 Å². The highest BCUT2D eigenvalue weighted by Gasteiger charge is 2.15. The van der Waals surface area contributed by atoms with Gasteiger partial charge in [-0.25, -0.2) is 9.50 Å². The summed E-state index contributed by atoms with van der Waals surface area (Å²) in [6, 6.07) is 16.7. The van der Waals surface area contributed by atoms with E-state index in [1.807, 2.05) is 54.6 Å². The van der Waals surface area contributed by atoms with Gasteiger partial charge in [0, 0.05) is 18.1 Å². The molecule has 0 bridgehead atoms. The van der Waals surface area contributed by atoms with Gasteiger partial charge in [-0.2, -0.15) is 5.10 Å². The summed E-state index contributed by atoms with van der Waals surface area (Å²) < 4.78 is 1.58. The van der Waals surface area contributed by atoms with Gasteiger partial charge in [0.1, 0.15) is 5.56 Å². The van der Waals surface area contributed by atoms with Gasteiger partial charge < -0.3 is 5.32 Å². The van der Waals surface area contributed by atoms with Gasteiger partial charge in [0.05, 0.1) is 17.6 Å². The number of carbonyl (C=O) groups excluding carboxylic acids is 1. The Bertz CT molecular complexity index is 996. The van der Waals surface area contributed by atoms with Crippen LogP contribution in [0.5, 0.6) is 0 Å². The van der Waals surface area contributed by atoms with E-state index in [9.17, 15) is 4.79 Å². The van der Waals surface area contributed by atoms with Gasteiger partial charge in [-0.15, -0.1) is 0 Å². The molecule has 1 N–H and O–H groups in total. The number of pyridine rings is 1. The van der Waals surface area contributed by atoms with Crippen molar-refractivity contribution in [3.05, 3.63) is 78.8 Å². The highest BCUT2D eigenvalue weighted by molar-refractivity contribution is 6.08. The predicted molar refractivity (Wildman–Crippen MR) is 90.6 cm³/mol. The molecule has 0 atom stereocenters. The maximum absolute atomic E-state index is 12.5. The zero-order valence-electron chi connectivity index (χ0n) is 12.6. The molecule has 0 saturated carbocycles. The van der Waals surface area contributed by atoms with E-state index in [1.54, 1.807) is 16.9 Å². The Labute approximate surface area is 137 Å². The van der Waals surface area contributed by atoms with Gasteiger partial charge in [-0.1, -0.05) is 24.3 Å². The van der Waals surface area contributed by atoms with E-state index in [1.165, 1.54) is 6.20 Å². The largest absolute Gasteiger partial charge is 0.322 e. The summed E-state index contributed by atoms with van der Waals surface area (Å²) in [5.41, 5.74) is 3.07. The average molecular weight is 315 g/mol. The van der Waals surface area contributed by atoms with E-state index < -0.39 is 0 Å². The smallest absolute Gasteiger partial charge is 0.261 e. The molecule has 0 spiro atoms. The van der Waals surface area contributed by atoms with Gasteiger partial charge in [0.25, 0.3) is 5.91 Å². The van der Waals surface area contributed by atoms with Crippen molar-refractivity contribution in [3.63, 3.8) is 0 Å². The second-order valence-corrected chi connectivity index (χ2v) is 5.17. The second kappa shape index (κ2) is 5.92. The number of para-hydroxylation sites is 1. The molecule has 0 fully saturated rings. The van der Waals surface area contributed by atoms with Crippen molar-refractivity contribution in [2.24, 2.45) is 0 Å². The fraction of sp³-hybridized carbons (Fsp3) is 0. The predicted octanol–water partition coefficient (Wildman–Crippen LogP) is 3.04. The summed E-state index contributed by atoms with van der Waals surface area (Å²) in [7, 11) is 0. The van der Waals surface area contributed by atoms with Crippen LogP contribution in [0.1, 0.15) is 10.4 Å². The van der Waals surface area contributed by atoms with Gasteiger partial charge in [-0.05, 0) is 30.3 Å². The molecule has 6 heteroatoms. The van der Waals surface area contributed by atoms with E-state index in [4.69, 9.17) is 0 Å². The normalized spacial score (nSPS) is 10.7. The Morgan fingerprint density at radius 1 is 0.958 bits per heavy atom. The number of benzene rings is 1. The Morgan fingerprint density at radius 3 is 2.58 bits per heavy atom. The number of nitrogens with one attached hydrogen (secondary N) is 1. The molecule has 0 saturated heterocycles. The van der Waals surface area contributed by atoms with Crippen molar-refractivity contribution in [1.82, 2.24) is 19.6 Å². The minimum atomic E-state index is -0.248. The minimum Gasteiger partial charge on any atom is -0.322 e. The minimum absolute atomic E-state index is 0.248. The molecule has 1 aromatic carbocycles. The number of carbonyl (C=O) groups is 1. The molecule has 1 amide bonds. The van der Waals surface area contributed by atoms with Crippen molar-refractivity contribution < 1.29 is 4.79 Å². The quantitative estimate of drug-likeness (QED) is 0.631. The molecule has 4 aromatic rings. The third kappa shape index (κ3) is 2.61. The molecule has 24 heavy (non-hydrogen) atoms.